The molecule has 3 heteroatoms. The molecule has 0 atom stereocenters. The third kappa shape index (κ3) is 2.11. The average Bonchev–Trinajstić information content (AvgIpc) is 1.94. The zero-order valence-electron chi connectivity index (χ0n) is 7.66. The van der Waals surface area contributed by atoms with Gasteiger partial charge in [0.1, 0.15) is 0 Å². The number of halogens is 1. The summed E-state index contributed by atoms with van der Waals surface area (Å²) in [6.07, 6.45) is 1.81. The van der Waals surface area contributed by atoms with Gasteiger partial charge in [0, 0.05) is 6.20 Å². The lowest BCUT2D eigenvalue weighted by Gasteiger charge is -2.09. The molecule has 12 heavy (non-hydrogen) atoms. The van der Waals surface area contributed by atoms with Crippen LogP contribution in [-0.2, 0) is 0 Å². The van der Waals surface area contributed by atoms with Crippen molar-refractivity contribution < 1.29 is 0 Å². The third-order valence-electron chi connectivity index (χ3n) is 1.79. The number of rotatable bonds is 1. The van der Waals surface area contributed by atoms with Crippen molar-refractivity contribution in [1.82, 2.24) is 4.98 Å². The van der Waals surface area contributed by atoms with E-state index in [9.17, 15) is 0 Å². The zero-order valence-corrected chi connectivity index (χ0v) is 8.48. The van der Waals surface area contributed by atoms with Crippen LogP contribution in [0.5, 0.6) is 0 Å². The topological polar surface area (TPSA) is 38.9 Å². The van der Waals surface area contributed by atoms with Crippen LogP contribution < -0.4 is 5.73 Å². The van der Waals surface area contributed by atoms with Gasteiger partial charge in [0.15, 0.2) is 0 Å². The first-order chi connectivity index (χ1) is 5.13. The maximum atomic E-state index is 5.82. The number of nitrogens with two attached hydrogens (primary N) is 1. The first kappa shape index (κ1) is 11.2. The predicted molar refractivity (Wildman–Crippen MR) is 54.7 cm³/mol. The van der Waals surface area contributed by atoms with Gasteiger partial charge in [-0.15, -0.1) is 12.4 Å². The summed E-state index contributed by atoms with van der Waals surface area (Å²) in [5.41, 5.74) is 8.78. The highest BCUT2D eigenvalue weighted by molar-refractivity contribution is 5.85. The molecule has 0 amide bonds. The molecule has 0 saturated carbocycles. The molecule has 1 aromatic rings. The van der Waals surface area contributed by atoms with Crippen LogP contribution in [0.2, 0.25) is 0 Å². The van der Waals surface area contributed by atoms with Gasteiger partial charge in [-0.2, -0.15) is 0 Å². The molecular weight excluding hydrogens is 172 g/mol. The van der Waals surface area contributed by atoms with E-state index in [2.05, 4.69) is 18.8 Å². The molecule has 1 rings (SSSR count). The molecule has 0 fully saturated rings. The number of hydrogen-bond acceptors (Lipinski definition) is 2. The van der Waals surface area contributed by atoms with Gasteiger partial charge in [0.2, 0.25) is 0 Å². The van der Waals surface area contributed by atoms with Gasteiger partial charge >= 0.3 is 0 Å². The van der Waals surface area contributed by atoms with Crippen molar-refractivity contribution in [2.45, 2.75) is 26.7 Å². The van der Waals surface area contributed by atoms with Crippen molar-refractivity contribution in [1.29, 1.82) is 0 Å². The van der Waals surface area contributed by atoms with Crippen LogP contribution in [0.1, 0.15) is 31.0 Å². The van der Waals surface area contributed by atoms with Crippen molar-refractivity contribution in [2.75, 3.05) is 5.73 Å². The number of aryl methyl sites for hydroxylation is 1. The van der Waals surface area contributed by atoms with Crippen molar-refractivity contribution >= 4 is 18.1 Å². The Labute approximate surface area is 79.6 Å². The third-order valence-corrected chi connectivity index (χ3v) is 1.79. The van der Waals surface area contributed by atoms with E-state index in [4.69, 9.17) is 5.73 Å². The van der Waals surface area contributed by atoms with Gasteiger partial charge in [-0.1, -0.05) is 13.8 Å². The van der Waals surface area contributed by atoms with Crippen LogP contribution in [-0.4, -0.2) is 4.98 Å². The second kappa shape index (κ2) is 4.31. The van der Waals surface area contributed by atoms with Gasteiger partial charge in [-0.25, -0.2) is 0 Å². The highest BCUT2D eigenvalue weighted by Crippen LogP contribution is 2.21. The van der Waals surface area contributed by atoms with Crippen LogP contribution in [0.25, 0.3) is 0 Å². The minimum atomic E-state index is 0. The Bertz CT molecular complexity index is 259. The van der Waals surface area contributed by atoms with Crippen molar-refractivity contribution in [2.24, 2.45) is 0 Å². The van der Waals surface area contributed by atoms with Gasteiger partial charge in [-0.3, -0.25) is 4.98 Å². The summed E-state index contributed by atoms with van der Waals surface area (Å²) in [5, 5.41) is 0. The number of pyridine rings is 1. The van der Waals surface area contributed by atoms with Crippen LogP contribution in [0, 0.1) is 6.92 Å². The number of nitrogen functional groups attached to an aromatic ring is 1. The number of anilines is 1. The van der Waals surface area contributed by atoms with E-state index in [-0.39, 0.29) is 12.4 Å². The van der Waals surface area contributed by atoms with E-state index >= 15 is 0 Å². The summed E-state index contributed by atoms with van der Waals surface area (Å²) < 4.78 is 0. The van der Waals surface area contributed by atoms with Crippen molar-refractivity contribution in [3.63, 3.8) is 0 Å². The number of hydrogen-bond donors (Lipinski definition) is 1. The molecule has 0 aliphatic carbocycles. The minimum Gasteiger partial charge on any atom is -0.397 e. The molecule has 68 valence electrons. The van der Waals surface area contributed by atoms with E-state index < -0.39 is 0 Å². The molecule has 0 radical (unpaired) electrons. The summed E-state index contributed by atoms with van der Waals surface area (Å²) in [6.45, 7) is 6.19. The molecule has 0 aliphatic rings. The molecule has 0 spiro atoms. The summed E-state index contributed by atoms with van der Waals surface area (Å²) in [5.74, 6) is 0.412. The highest BCUT2D eigenvalue weighted by Gasteiger charge is 2.05. The maximum absolute atomic E-state index is 5.82. The fourth-order valence-corrected chi connectivity index (χ4v) is 1.05. The fourth-order valence-electron chi connectivity index (χ4n) is 1.05. The summed E-state index contributed by atoms with van der Waals surface area (Å²) in [7, 11) is 0. The Morgan fingerprint density at radius 1 is 1.42 bits per heavy atom. The normalized spacial score (nSPS) is 9.67. The predicted octanol–water partition coefficient (Wildman–Crippen LogP) is 2.52. The SMILES string of the molecule is Cc1ccnc(C(C)C)c1N.Cl. The van der Waals surface area contributed by atoms with Crippen LogP contribution >= 0.6 is 12.4 Å². The summed E-state index contributed by atoms with van der Waals surface area (Å²) in [4.78, 5) is 4.21. The number of nitrogens with zero attached hydrogens (tertiary/aromatic N) is 1. The molecule has 1 aromatic heterocycles. The Morgan fingerprint density at radius 3 is 2.42 bits per heavy atom. The highest BCUT2D eigenvalue weighted by atomic mass is 35.5. The Hall–Kier alpha value is -0.760. The Kier molecular flexibility index (Phi) is 4.04. The number of aromatic nitrogens is 1. The zero-order chi connectivity index (χ0) is 8.43. The molecule has 2 N–H and O–H groups in total. The van der Waals surface area contributed by atoms with Crippen molar-refractivity contribution in [3.8, 4) is 0 Å². The van der Waals surface area contributed by atoms with E-state index in [0.29, 0.717) is 5.92 Å². The molecule has 0 unspecified atom stereocenters. The van der Waals surface area contributed by atoms with E-state index in [1.165, 1.54) is 0 Å². The average molecular weight is 187 g/mol. The minimum absolute atomic E-state index is 0. The molecule has 0 bridgehead atoms. The Morgan fingerprint density at radius 2 is 2.00 bits per heavy atom. The molecule has 1 heterocycles. The van der Waals surface area contributed by atoms with Crippen LogP contribution in [0.15, 0.2) is 12.3 Å². The maximum Gasteiger partial charge on any atom is 0.0660 e. The largest absolute Gasteiger partial charge is 0.397 e. The smallest absolute Gasteiger partial charge is 0.0660 e. The molecular formula is C9H15ClN2. The van der Waals surface area contributed by atoms with Crippen LogP contribution in [0.4, 0.5) is 5.69 Å². The van der Waals surface area contributed by atoms with Gasteiger partial charge < -0.3 is 5.73 Å². The second-order valence-electron chi connectivity index (χ2n) is 3.08. The van der Waals surface area contributed by atoms with Gasteiger partial charge in [0.25, 0.3) is 0 Å². The second-order valence-corrected chi connectivity index (χ2v) is 3.08. The summed E-state index contributed by atoms with van der Waals surface area (Å²) >= 11 is 0. The lowest BCUT2D eigenvalue weighted by Crippen LogP contribution is -2.01. The van der Waals surface area contributed by atoms with Gasteiger partial charge in [-0.05, 0) is 24.5 Å². The van der Waals surface area contributed by atoms with Crippen molar-refractivity contribution in [3.05, 3.63) is 23.5 Å². The van der Waals surface area contributed by atoms with Crippen LogP contribution in [0.3, 0.4) is 0 Å². The summed E-state index contributed by atoms with van der Waals surface area (Å²) in [6, 6.07) is 1.93. The van der Waals surface area contributed by atoms with Gasteiger partial charge in [0.05, 0.1) is 11.4 Å². The molecule has 2 nitrogen and oxygen atoms in total. The molecule has 0 saturated heterocycles. The first-order valence-electron chi connectivity index (χ1n) is 3.84. The van der Waals surface area contributed by atoms with E-state index in [1.54, 1.807) is 6.20 Å². The first-order valence-corrected chi connectivity index (χ1v) is 3.84. The van der Waals surface area contributed by atoms with E-state index in [1.807, 2.05) is 13.0 Å². The van der Waals surface area contributed by atoms with E-state index in [0.717, 1.165) is 16.9 Å². The molecule has 0 aliphatic heterocycles. The molecule has 0 aromatic carbocycles. The monoisotopic (exact) mass is 186 g/mol. The lowest BCUT2D eigenvalue weighted by atomic mass is 10.1. The standard InChI is InChI=1S/C9H14N2.ClH/c1-6(2)9-8(10)7(3)4-5-11-9;/h4-6H,10H2,1-3H3;1H. The quantitative estimate of drug-likeness (QED) is 0.732. The Balaban J connectivity index is 0.00000121. The fraction of sp³-hybridized carbons (Fsp3) is 0.444. The lowest BCUT2D eigenvalue weighted by molar-refractivity contribution is 0.825.